The molecule has 75 valence electrons. The molecule has 0 rings (SSSR count). The predicted octanol–water partition coefficient (Wildman–Crippen LogP) is 2.40. The van der Waals surface area contributed by atoms with Crippen molar-refractivity contribution in [3.8, 4) is 0 Å². The standard InChI is InChI=1S/C10H21NO.Sc/c1-6-7-10(5,12)9(4)11-8(2)3;/h8,12H,6-7H2,1-5H3;. The number of rotatable bonds is 4. The van der Waals surface area contributed by atoms with Gasteiger partial charge in [0.25, 0.3) is 0 Å². The summed E-state index contributed by atoms with van der Waals surface area (Å²) in [5.41, 5.74) is 0.137. The molecule has 0 heterocycles. The number of aliphatic imine (C=N–C) groups is 1. The van der Waals surface area contributed by atoms with Crippen molar-refractivity contribution < 1.29 is 30.9 Å². The van der Waals surface area contributed by atoms with Gasteiger partial charge in [0.15, 0.2) is 0 Å². The Balaban J connectivity index is 0. The molecule has 0 fully saturated rings. The van der Waals surface area contributed by atoms with E-state index in [1.54, 1.807) is 0 Å². The van der Waals surface area contributed by atoms with Gasteiger partial charge in [-0.1, -0.05) is 13.3 Å². The Bertz CT molecular complexity index is 164. The molecule has 0 aromatic carbocycles. The molecule has 0 aliphatic heterocycles. The zero-order valence-corrected chi connectivity index (χ0v) is 11.3. The first-order valence-corrected chi connectivity index (χ1v) is 4.67. The Morgan fingerprint density at radius 1 is 1.46 bits per heavy atom. The summed E-state index contributed by atoms with van der Waals surface area (Å²) in [5, 5.41) is 9.90. The van der Waals surface area contributed by atoms with Crippen LogP contribution in [0.1, 0.15) is 47.5 Å². The van der Waals surface area contributed by atoms with Crippen LogP contribution in [-0.4, -0.2) is 22.5 Å². The van der Waals surface area contributed by atoms with E-state index in [0.717, 1.165) is 18.6 Å². The van der Waals surface area contributed by atoms with E-state index >= 15 is 0 Å². The normalized spacial score (nSPS) is 16.7. The van der Waals surface area contributed by atoms with Crippen LogP contribution >= 0.6 is 0 Å². The van der Waals surface area contributed by atoms with Crippen molar-refractivity contribution in [2.75, 3.05) is 0 Å². The van der Waals surface area contributed by atoms with E-state index in [9.17, 15) is 5.11 Å². The van der Waals surface area contributed by atoms with Gasteiger partial charge in [-0.15, -0.1) is 0 Å². The average molecular weight is 216 g/mol. The second-order valence-electron chi connectivity index (χ2n) is 3.83. The summed E-state index contributed by atoms with van der Waals surface area (Å²) >= 11 is 0. The van der Waals surface area contributed by atoms with Crippen molar-refractivity contribution in [1.82, 2.24) is 0 Å². The maximum Gasteiger partial charge on any atom is 0.0991 e. The SMILES string of the molecule is CCCC(C)(O)C(C)=NC(C)C.[Sc]. The molecule has 0 aliphatic rings. The van der Waals surface area contributed by atoms with Crippen molar-refractivity contribution >= 4 is 5.71 Å². The Labute approximate surface area is 101 Å². The van der Waals surface area contributed by atoms with Crippen molar-refractivity contribution in [2.24, 2.45) is 4.99 Å². The zero-order valence-electron chi connectivity index (χ0n) is 9.46. The maximum absolute atomic E-state index is 9.90. The summed E-state index contributed by atoms with van der Waals surface area (Å²) < 4.78 is 0. The van der Waals surface area contributed by atoms with Gasteiger partial charge in [0, 0.05) is 37.6 Å². The quantitative estimate of drug-likeness (QED) is 0.719. The van der Waals surface area contributed by atoms with Gasteiger partial charge in [-0.2, -0.15) is 0 Å². The van der Waals surface area contributed by atoms with Gasteiger partial charge in [-0.25, -0.2) is 0 Å². The summed E-state index contributed by atoms with van der Waals surface area (Å²) in [4.78, 5) is 4.33. The average Bonchev–Trinajstić information content (AvgIpc) is 1.85. The van der Waals surface area contributed by atoms with E-state index in [4.69, 9.17) is 0 Å². The Kier molecular flexibility index (Phi) is 8.44. The molecule has 0 aromatic rings. The fourth-order valence-corrected chi connectivity index (χ4v) is 1.19. The number of aliphatic hydroxyl groups is 1. The summed E-state index contributed by atoms with van der Waals surface area (Å²) in [5.74, 6) is 0. The minimum atomic E-state index is -0.709. The largest absolute Gasteiger partial charge is 0.384 e. The summed E-state index contributed by atoms with van der Waals surface area (Å²) in [6.07, 6.45) is 1.77. The number of hydrogen-bond donors (Lipinski definition) is 1. The zero-order chi connectivity index (χ0) is 9.78. The van der Waals surface area contributed by atoms with Crippen molar-refractivity contribution in [2.45, 2.75) is 59.1 Å². The van der Waals surface area contributed by atoms with Crippen molar-refractivity contribution in [3.63, 3.8) is 0 Å². The van der Waals surface area contributed by atoms with Gasteiger partial charge in [0.05, 0.1) is 5.60 Å². The van der Waals surface area contributed by atoms with E-state index in [1.165, 1.54) is 0 Å². The van der Waals surface area contributed by atoms with E-state index in [0.29, 0.717) is 0 Å². The first-order valence-electron chi connectivity index (χ1n) is 4.67. The smallest absolute Gasteiger partial charge is 0.0991 e. The fraction of sp³-hybridized carbons (Fsp3) is 0.900. The molecule has 1 N–H and O–H groups in total. The molecule has 0 aromatic heterocycles. The molecule has 13 heavy (non-hydrogen) atoms. The topological polar surface area (TPSA) is 32.6 Å². The Morgan fingerprint density at radius 2 is 1.92 bits per heavy atom. The fourth-order valence-electron chi connectivity index (χ4n) is 1.19. The van der Waals surface area contributed by atoms with Crippen LogP contribution in [0.2, 0.25) is 0 Å². The molecule has 0 amide bonds. The molecule has 0 spiro atoms. The molecule has 1 unspecified atom stereocenters. The third-order valence-corrected chi connectivity index (χ3v) is 1.97. The third kappa shape index (κ3) is 6.55. The predicted molar refractivity (Wildman–Crippen MR) is 53.8 cm³/mol. The van der Waals surface area contributed by atoms with Gasteiger partial charge in [0.1, 0.15) is 0 Å². The molecular formula is C10H21NOSc. The molecule has 1 atom stereocenters. The van der Waals surface area contributed by atoms with Crippen LogP contribution in [-0.2, 0) is 25.8 Å². The van der Waals surface area contributed by atoms with Crippen LogP contribution in [0.5, 0.6) is 0 Å². The molecule has 0 bridgehead atoms. The molecular weight excluding hydrogens is 195 g/mol. The summed E-state index contributed by atoms with van der Waals surface area (Å²) in [7, 11) is 0. The van der Waals surface area contributed by atoms with Gasteiger partial charge in [-0.3, -0.25) is 4.99 Å². The molecule has 1 radical (unpaired) electrons. The molecule has 0 aliphatic carbocycles. The van der Waals surface area contributed by atoms with E-state index < -0.39 is 5.60 Å². The van der Waals surface area contributed by atoms with Gasteiger partial charge >= 0.3 is 0 Å². The van der Waals surface area contributed by atoms with E-state index in [2.05, 4.69) is 11.9 Å². The van der Waals surface area contributed by atoms with Crippen LogP contribution in [0.3, 0.4) is 0 Å². The van der Waals surface area contributed by atoms with Gasteiger partial charge in [-0.05, 0) is 34.1 Å². The number of nitrogens with zero attached hydrogens (tertiary/aromatic N) is 1. The maximum atomic E-state index is 9.90. The Hall–Kier alpha value is 0.500. The van der Waals surface area contributed by atoms with Crippen LogP contribution < -0.4 is 0 Å². The first-order chi connectivity index (χ1) is 5.40. The molecule has 0 saturated carbocycles. The Morgan fingerprint density at radius 3 is 2.23 bits per heavy atom. The van der Waals surface area contributed by atoms with Crippen molar-refractivity contribution in [1.29, 1.82) is 0 Å². The monoisotopic (exact) mass is 216 g/mol. The van der Waals surface area contributed by atoms with Crippen LogP contribution in [0.25, 0.3) is 0 Å². The van der Waals surface area contributed by atoms with Crippen LogP contribution in [0.4, 0.5) is 0 Å². The second-order valence-corrected chi connectivity index (χ2v) is 3.83. The third-order valence-electron chi connectivity index (χ3n) is 1.97. The van der Waals surface area contributed by atoms with Gasteiger partial charge in [0.2, 0.25) is 0 Å². The second kappa shape index (κ2) is 6.88. The molecule has 2 nitrogen and oxygen atoms in total. The van der Waals surface area contributed by atoms with E-state index in [-0.39, 0.29) is 31.9 Å². The molecule has 0 saturated heterocycles. The van der Waals surface area contributed by atoms with Crippen molar-refractivity contribution in [3.05, 3.63) is 0 Å². The van der Waals surface area contributed by atoms with E-state index in [1.807, 2.05) is 27.7 Å². The van der Waals surface area contributed by atoms with Crippen LogP contribution in [0.15, 0.2) is 4.99 Å². The summed E-state index contributed by atoms with van der Waals surface area (Å²) in [6.45, 7) is 9.83. The minimum absolute atomic E-state index is 0. The minimum Gasteiger partial charge on any atom is -0.384 e. The van der Waals surface area contributed by atoms with Crippen LogP contribution in [0, 0.1) is 0 Å². The molecule has 3 heteroatoms. The number of hydrogen-bond acceptors (Lipinski definition) is 2. The van der Waals surface area contributed by atoms with Gasteiger partial charge < -0.3 is 5.11 Å². The first kappa shape index (κ1) is 16.0. The summed E-state index contributed by atoms with van der Waals surface area (Å²) in [6, 6.07) is 0.272.